The molecule has 3 fully saturated rings. The number of nitriles is 1. The highest BCUT2D eigenvalue weighted by Crippen LogP contribution is 2.42. The van der Waals surface area contributed by atoms with Gasteiger partial charge in [-0.3, -0.25) is 9.88 Å². The zero-order valence-electron chi connectivity index (χ0n) is 24.8. The molecule has 1 N–H and O–H groups in total. The third kappa shape index (κ3) is 4.87. The minimum Gasteiger partial charge on any atom is -0.508 e. The van der Waals surface area contributed by atoms with E-state index in [1.807, 2.05) is 11.8 Å². The minimum absolute atomic E-state index is 0.0718. The Kier molecular flexibility index (Phi) is 6.97. The SMILES string of the molecule is C#Cc1c(F)ccc2cc(O)cc(-c3ncc4c(N5CCCC(C)(C#N)C5)nc(OC[C@@]56CCCN5C[C@H](F)C6)nc4c3F)c12. The van der Waals surface area contributed by atoms with Gasteiger partial charge in [-0.25, -0.2) is 13.2 Å². The molecule has 45 heavy (non-hydrogen) atoms. The van der Waals surface area contributed by atoms with Crippen molar-refractivity contribution in [1.29, 1.82) is 5.26 Å². The van der Waals surface area contributed by atoms with Gasteiger partial charge in [0.2, 0.25) is 0 Å². The van der Waals surface area contributed by atoms with Crippen molar-refractivity contribution in [3.63, 3.8) is 0 Å². The molecular weight excluding hydrogens is 581 g/mol. The molecule has 7 rings (SSSR count). The highest BCUT2D eigenvalue weighted by Gasteiger charge is 2.49. The number of hydrogen-bond donors (Lipinski definition) is 1. The number of phenolic OH excluding ortho intramolecular Hbond substituents is 1. The van der Waals surface area contributed by atoms with E-state index in [2.05, 4.69) is 26.9 Å². The molecule has 0 radical (unpaired) electrons. The van der Waals surface area contributed by atoms with Crippen LogP contribution >= 0.6 is 0 Å². The molecule has 0 amide bonds. The van der Waals surface area contributed by atoms with Crippen molar-refractivity contribution in [2.75, 3.05) is 37.7 Å². The fraction of sp³-hybridized carbons (Fsp3) is 0.412. The van der Waals surface area contributed by atoms with E-state index in [1.165, 1.54) is 30.5 Å². The maximum atomic E-state index is 16.7. The molecule has 3 saturated heterocycles. The summed E-state index contributed by atoms with van der Waals surface area (Å²) >= 11 is 0. The van der Waals surface area contributed by atoms with Gasteiger partial charge >= 0.3 is 6.01 Å². The van der Waals surface area contributed by atoms with Crippen molar-refractivity contribution < 1.29 is 23.0 Å². The predicted molar refractivity (Wildman–Crippen MR) is 164 cm³/mol. The van der Waals surface area contributed by atoms with Gasteiger partial charge in [-0.05, 0) is 62.7 Å². The zero-order chi connectivity index (χ0) is 31.5. The summed E-state index contributed by atoms with van der Waals surface area (Å²) in [5.74, 6) is 1.06. The first kappa shape index (κ1) is 29.1. The number of aromatic hydroxyl groups is 1. The lowest BCUT2D eigenvalue weighted by Crippen LogP contribution is -2.43. The molecular formula is C34H31F3N6O2. The standard InChI is InChI=1S/C34H31F3N6O2/c1-3-23-26(36)7-6-20-12-22(44)13-24(27(20)23)29-28(37)30-25(15-39-29)31(42-10-4-8-33(2,17-38)18-42)41-32(40-30)45-19-34-9-5-11-43(34)16-21(35)14-34/h1,6-7,12-13,15,21,44H,4-5,8-11,14,16,18-19H2,2H3/t21-,33?,34+/m1/s1. The van der Waals surface area contributed by atoms with Crippen molar-refractivity contribution in [2.45, 2.75) is 50.7 Å². The van der Waals surface area contributed by atoms with Gasteiger partial charge in [0.25, 0.3) is 0 Å². The molecule has 2 aromatic heterocycles. The Morgan fingerprint density at radius 2 is 2.00 bits per heavy atom. The number of hydrogen-bond acceptors (Lipinski definition) is 8. The molecule has 8 nitrogen and oxygen atoms in total. The zero-order valence-corrected chi connectivity index (χ0v) is 24.8. The van der Waals surface area contributed by atoms with Gasteiger partial charge in [0.1, 0.15) is 41.4 Å². The van der Waals surface area contributed by atoms with E-state index in [-0.39, 0.29) is 46.1 Å². The number of anilines is 1. The normalized spacial score (nSPS) is 24.9. The Morgan fingerprint density at radius 3 is 2.80 bits per heavy atom. The molecule has 11 heteroatoms. The molecule has 0 spiro atoms. The minimum atomic E-state index is -0.945. The lowest BCUT2D eigenvalue weighted by molar-refractivity contribution is 0.107. The fourth-order valence-corrected chi connectivity index (χ4v) is 7.43. The Morgan fingerprint density at radius 1 is 1.18 bits per heavy atom. The van der Waals surface area contributed by atoms with Gasteiger partial charge in [0, 0.05) is 43.2 Å². The number of halogens is 3. The third-order valence-corrected chi connectivity index (χ3v) is 9.59. The van der Waals surface area contributed by atoms with Gasteiger partial charge in [0.05, 0.1) is 28.0 Å². The smallest absolute Gasteiger partial charge is 0.319 e. The van der Waals surface area contributed by atoms with Crippen LogP contribution in [0.3, 0.4) is 0 Å². The highest BCUT2D eigenvalue weighted by atomic mass is 19.1. The first-order valence-corrected chi connectivity index (χ1v) is 15.1. The van der Waals surface area contributed by atoms with Crippen LogP contribution in [0.4, 0.5) is 19.0 Å². The number of piperidine rings is 1. The Balaban J connectivity index is 1.39. The van der Waals surface area contributed by atoms with Crippen LogP contribution in [0.1, 0.15) is 44.6 Å². The summed E-state index contributed by atoms with van der Waals surface area (Å²) in [6, 6.07) is 7.69. The Labute approximate surface area is 258 Å². The number of rotatable bonds is 5. The number of nitrogens with zero attached hydrogens (tertiary/aromatic N) is 6. The summed E-state index contributed by atoms with van der Waals surface area (Å²) < 4.78 is 52.1. The Hall–Kier alpha value is -4.61. The number of terminal acetylenes is 1. The van der Waals surface area contributed by atoms with Crippen molar-refractivity contribution in [1.82, 2.24) is 19.9 Å². The molecule has 3 atom stereocenters. The quantitative estimate of drug-likeness (QED) is 0.279. The highest BCUT2D eigenvalue weighted by molar-refractivity contribution is 6.03. The summed E-state index contributed by atoms with van der Waals surface area (Å²) in [7, 11) is 0. The molecule has 0 aliphatic carbocycles. The van der Waals surface area contributed by atoms with Gasteiger partial charge in [-0.1, -0.05) is 12.0 Å². The molecule has 2 aromatic carbocycles. The molecule has 3 aliphatic rings. The van der Waals surface area contributed by atoms with Crippen LogP contribution in [-0.4, -0.2) is 69.5 Å². The van der Waals surface area contributed by atoms with Crippen molar-refractivity contribution in [3.8, 4) is 41.4 Å². The predicted octanol–water partition coefficient (Wildman–Crippen LogP) is 5.90. The van der Waals surface area contributed by atoms with E-state index in [0.717, 1.165) is 25.8 Å². The summed E-state index contributed by atoms with van der Waals surface area (Å²) in [5, 5.41) is 21.3. The van der Waals surface area contributed by atoms with Crippen LogP contribution in [0.15, 0.2) is 30.5 Å². The lowest BCUT2D eigenvalue weighted by atomic mass is 9.83. The van der Waals surface area contributed by atoms with Crippen LogP contribution in [-0.2, 0) is 0 Å². The monoisotopic (exact) mass is 612 g/mol. The summed E-state index contributed by atoms with van der Waals surface area (Å²) in [6.07, 6.45) is 9.66. The first-order valence-electron chi connectivity index (χ1n) is 15.1. The maximum absolute atomic E-state index is 16.7. The van der Waals surface area contributed by atoms with Crippen LogP contribution in [0.2, 0.25) is 0 Å². The van der Waals surface area contributed by atoms with Crippen LogP contribution < -0.4 is 9.64 Å². The number of phenols is 1. The number of benzene rings is 2. The van der Waals surface area contributed by atoms with Gasteiger partial charge in [0.15, 0.2) is 5.82 Å². The van der Waals surface area contributed by atoms with E-state index >= 15 is 4.39 Å². The van der Waals surface area contributed by atoms with E-state index < -0.39 is 28.8 Å². The van der Waals surface area contributed by atoms with E-state index in [0.29, 0.717) is 49.1 Å². The average Bonchev–Trinajstić information content (AvgIpc) is 3.55. The lowest BCUT2D eigenvalue weighted by Gasteiger charge is -2.37. The first-order chi connectivity index (χ1) is 21.6. The second-order valence-corrected chi connectivity index (χ2v) is 12.7. The second-order valence-electron chi connectivity index (χ2n) is 12.7. The molecule has 1 unspecified atom stereocenters. The topological polar surface area (TPSA) is 98.4 Å². The molecule has 0 saturated carbocycles. The third-order valence-electron chi connectivity index (χ3n) is 9.59. The van der Waals surface area contributed by atoms with E-state index in [9.17, 15) is 19.1 Å². The van der Waals surface area contributed by atoms with Crippen molar-refractivity contribution in [2.24, 2.45) is 5.41 Å². The molecule has 5 heterocycles. The Bertz CT molecular complexity index is 1940. The second kappa shape index (κ2) is 10.8. The van der Waals surface area contributed by atoms with Crippen LogP contribution in [0.25, 0.3) is 32.9 Å². The summed E-state index contributed by atoms with van der Waals surface area (Å²) in [6.45, 7) is 4.12. The van der Waals surface area contributed by atoms with Gasteiger partial charge in [-0.15, -0.1) is 6.42 Å². The number of fused-ring (bicyclic) bond motifs is 3. The van der Waals surface area contributed by atoms with Crippen molar-refractivity contribution in [3.05, 3.63) is 47.7 Å². The van der Waals surface area contributed by atoms with Gasteiger partial charge in [-0.2, -0.15) is 15.2 Å². The van der Waals surface area contributed by atoms with Gasteiger partial charge < -0.3 is 14.7 Å². The maximum Gasteiger partial charge on any atom is 0.319 e. The number of alkyl halides is 1. The fourth-order valence-electron chi connectivity index (χ4n) is 7.43. The van der Waals surface area contributed by atoms with E-state index in [4.69, 9.17) is 16.1 Å². The summed E-state index contributed by atoms with van der Waals surface area (Å²) in [5.41, 5.74) is -1.35. The molecule has 230 valence electrons. The van der Waals surface area contributed by atoms with Crippen molar-refractivity contribution >= 4 is 27.5 Å². The number of aromatic nitrogens is 3. The van der Waals surface area contributed by atoms with Crippen LogP contribution in [0.5, 0.6) is 11.8 Å². The van der Waals surface area contributed by atoms with Crippen LogP contribution in [0, 0.1) is 40.7 Å². The molecule has 3 aliphatic heterocycles. The largest absolute Gasteiger partial charge is 0.508 e. The van der Waals surface area contributed by atoms with E-state index in [1.54, 1.807) is 0 Å². The number of ether oxygens (including phenoxy) is 1. The summed E-state index contributed by atoms with van der Waals surface area (Å²) in [4.78, 5) is 17.7. The molecule has 4 aromatic rings. The number of pyridine rings is 1. The molecule has 0 bridgehead atoms. The average molecular weight is 613 g/mol.